The molecule has 10 nitrogen and oxygen atoms in total. The van der Waals surface area contributed by atoms with E-state index in [1.807, 2.05) is 0 Å². The van der Waals surface area contributed by atoms with E-state index in [2.05, 4.69) is 22.1 Å². The number of hydrazine groups is 1. The van der Waals surface area contributed by atoms with Crippen molar-refractivity contribution in [1.29, 1.82) is 0 Å². The molecule has 0 unspecified atom stereocenters. The first-order chi connectivity index (χ1) is 26.3. The van der Waals surface area contributed by atoms with Crippen LogP contribution in [0.1, 0.15) is 61.4 Å². The van der Waals surface area contributed by atoms with Gasteiger partial charge in [0.25, 0.3) is 11.8 Å². The summed E-state index contributed by atoms with van der Waals surface area (Å²) >= 11 is 0. The van der Waals surface area contributed by atoms with Gasteiger partial charge < -0.3 is 25.4 Å². The number of aliphatic hydroxyl groups excluding tert-OH is 3. The van der Waals surface area contributed by atoms with Gasteiger partial charge in [0.15, 0.2) is 0 Å². The molecule has 0 bridgehead atoms. The third kappa shape index (κ3) is 10.5. The molecule has 57 heavy (non-hydrogen) atoms. The Kier molecular flexibility index (Phi) is 14.9. The second-order valence-corrected chi connectivity index (χ2v) is 13.3. The number of unbranched alkanes of at least 4 members (excludes halogenated alkanes) is 2. The fourth-order valence-electron chi connectivity index (χ4n) is 6.35. The Hall–Kier alpha value is -4.09. The number of aliphatic hydroxyl groups is 3. The summed E-state index contributed by atoms with van der Waals surface area (Å²) in [6.07, 6.45) is -7.93. The number of carbonyl (C=O) groups excluding carboxylic acids is 2. The van der Waals surface area contributed by atoms with Gasteiger partial charge in [-0.25, -0.2) is 13.8 Å². The average molecular weight is 820 g/mol. The van der Waals surface area contributed by atoms with Crippen LogP contribution in [-0.4, -0.2) is 80.1 Å². The normalized spacial score (nSPS) is 17.8. The Balaban J connectivity index is 0.00000720. The fraction of sp³-hybridized carbons (Fsp3) is 0.395. The van der Waals surface area contributed by atoms with Crippen molar-refractivity contribution in [3.05, 3.63) is 94.0 Å². The number of nitrogens with zero attached hydrogens (tertiary/aromatic N) is 3. The number of pyridine rings is 1. The van der Waals surface area contributed by atoms with Gasteiger partial charge in [0, 0.05) is 53.7 Å². The molecule has 0 saturated carbocycles. The van der Waals surface area contributed by atoms with E-state index in [0.717, 1.165) is 29.3 Å². The second kappa shape index (κ2) is 18.7. The van der Waals surface area contributed by atoms with Gasteiger partial charge in [0.1, 0.15) is 34.8 Å². The number of rotatable bonds is 12. The summed E-state index contributed by atoms with van der Waals surface area (Å²) in [5.41, 5.74) is -6.37. The molecule has 1 fully saturated rings. The Morgan fingerprint density at radius 2 is 1.75 bits per heavy atom. The third-order valence-corrected chi connectivity index (χ3v) is 9.32. The van der Waals surface area contributed by atoms with Gasteiger partial charge in [0.05, 0.1) is 30.9 Å². The number of alkyl halides is 6. The van der Waals surface area contributed by atoms with Crippen LogP contribution in [0.3, 0.4) is 0 Å². The second-order valence-electron chi connectivity index (χ2n) is 13.3. The molecule has 2 aromatic carbocycles. The summed E-state index contributed by atoms with van der Waals surface area (Å²) in [7, 11) is 0. The van der Waals surface area contributed by atoms with Crippen molar-refractivity contribution >= 4 is 17.5 Å². The molecule has 1 saturated heterocycles. The maximum Gasteiger partial charge on any atom is 1.00 e. The Labute approximate surface area is 343 Å². The van der Waals surface area contributed by atoms with Crippen LogP contribution in [0.25, 0.3) is 11.1 Å². The van der Waals surface area contributed by atoms with Gasteiger partial charge in [0.2, 0.25) is 0 Å². The van der Waals surface area contributed by atoms with Crippen LogP contribution in [0.5, 0.6) is 0 Å². The molecule has 3 aromatic rings. The van der Waals surface area contributed by atoms with Crippen molar-refractivity contribution in [2.45, 2.75) is 69.6 Å². The molecular weight excluding hydrogens is 783 g/mol. The Bertz CT molecular complexity index is 2030. The van der Waals surface area contributed by atoms with Gasteiger partial charge in [-0.2, -0.15) is 26.3 Å². The number of hydrogen-bond donors (Lipinski definition) is 4. The Morgan fingerprint density at radius 3 is 2.37 bits per heavy atom. The zero-order valence-corrected chi connectivity index (χ0v) is 32.7. The minimum absolute atomic E-state index is 0. The SMILES string of the molecule is C[C@]12CCCN1N(Cc1c(F)cc(C#CCCCCOC[C@H](O)CO)cc1F)C(=O)C(C(=O)Nc1ccc(C(F)(F)F)cc1-c1ccc(C(F)(F)F)nc1)=C2O.[Na+]. The molecule has 2 atom stereocenters. The van der Waals surface area contributed by atoms with E-state index in [-0.39, 0.29) is 65.9 Å². The van der Waals surface area contributed by atoms with Crippen molar-refractivity contribution < 1.29 is 94.3 Å². The predicted octanol–water partition coefficient (Wildman–Crippen LogP) is 3.52. The van der Waals surface area contributed by atoms with E-state index in [4.69, 9.17) is 9.84 Å². The van der Waals surface area contributed by atoms with E-state index < -0.39 is 94.3 Å². The van der Waals surface area contributed by atoms with Crippen LogP contribution >= 0.6 is 0 Å². The molecule has 0 aliphatic carbocycles. The minimum Gasteiger partial charge on any atom is -0.509 e. The molecule has 3 heterocycles. The zero-order chi connectivity index (χ0) is 41.0. The van der Waals surface area contributed by atoms with Crippen LogP contribution < -0.4 is 34.9 Å². The van der Waals surface area contributed by atoms with Crippen LogP contribution in [0.4, 0.5) is 40.8 Å². The van der Waals surface area contributed by atoms with Crippen molar-refractivity contribution in [3.63, 3.8) is 0 Å². The summed E-state index contributed by atoms with van der Waals surface area (Å²) in [5, 5.41) is 34.0. The first-order valence-electron chi connectivity index (χ1n) is 17.3. The van der Waals surface area contributed by atoms with Crippen LogP contribution in [0, 0.1) is 23.5 Å². The molecule has 5 rings (SSSR count). The van der Waals surface area contributed by atoms with E-state index in [0.29, 0.717) is 56.7 Å². The molecule has 2 amide bonds. The number of nitrogens with one attached hydrogen (secondary N) is 1. The number of halogens is 8. The third-order valence-electron chi connectivity index (χ3n) is 9.32. The van der Waals surface area contributed by atoms with Gasteiger partial charge in [-0.3, -0.25) is 19.6 Å². The summed E-state index contributed by atoms with van der Waals surface area (Å²) in [6, 6.07) is 5.36. The van der Waals surface area contributed by atoms with E-state index in [1.165, 1.54) is 11.9 Å². The number of hydrogen-bond acceptors (Lipinski definition) is 8. The van der Waals surface area contributed by atoms with Crippen molar-refractivity contribution in [2.75, 3.05) is 31.7 Å². The first kappa shape index (κ1) is 45.6. The number of ether oxygens (including phenoxy) is 1. The standard InChI is InChI=1S/C38H36F8N4O6.Na/c1-36-12-6-13-50(36)49(19-27-28(39)15-22(16-29(27)40)7-4-2-3-5-14-56-21-25(52)20-51)35(55)32(33(36)53)34(54)48-30-10-9-24(37(41,42)43)17-26(30)23-8-11-31(47-18-23)38(44,45)46;/h8-11,15-18,25,51-53H,2-3,5-6,12-14,19-21H2,1H3,(H,48,54);/q;+1/t25-,36-;/m1./s1. The largest absolute Gasteiger partial charge is 1.00 e. The van der Waals surface area contributed by atoms with Crippen molar-refractivity contribution in [2.24, 2.45) is 0 Å². The monoisotopic (exact) mass is 819 g/mol. The van der Waals surface area contributed by atoms with Crippen LogP contribution in [0.15, 0.2) is 60.0 Å². The van der Waals surface area contributed by atoms with Gasteiger partial charge in [-0.1, -0.05) is 17.9 Å². The molecule has 0 spiro atoms. The molecule has 4 N–H and O–H groups in total. The maximum atomic E-state index is 15.5. The number of amides is 2. The van der Waals surface area contributed by atoms with E-state index in [9.17, 15) is 46.1 Å². The summed E-state index contributed by atoms with van der Waals surface area (Å²) in [6.45, 7) is 0.789. The first-order valence-corrected chi connectivity index (χ1v) is 17.3. The number of benzene rings is 2. The van der Waals surface area contributed by atoms with Gasteiger partial charge >= 0.3 is 41.9 Å². The minimum atomic E-state index is -4.89. The maximum absolute atomic E-state index is 15.5. The molecule has 1 aromatic heterocycles. The molecule has 2 aliphatic rings. The summed E-state index contributed by atoms with van der Waals surface area (Å²) in [5.74, 6) is 0.195. The molecule has 300 valence electrons. The van der Waals surface area contributed by atoms with Crippen LogP contribution in [-0.2, 0) is 33.2 Å². The molecular formula is C38H36F8N4NaO6+. The summed E-state index contributed by atoms with van der Waals surface area (Å²) < 4.78 is 117. The molecule has 0 radical (unpaired) electrons. The van der Waals surface area contributed by atoms with Gasteiger partial charge in [-0.05, 0) is 69.0 Å². The van der Waals surface area contributed by atoms with Gasteiger partial charge in [-0.15, -0.1) is 0 Å². The van der Waals surface area contributed by atoms with Crippen LogP contribution in [0.2, 0.25) is 0 Å². The summed E-state index contributed by atoms with van der Waals surface area (Å²) in [4.78, 5) is 31.1. The molecule has 19 heteroatoms. The zero-order valence-electron chi connectivity index (χ0n) is 30.7. The predicted molar refractivity (Wildman–Crippen MR) is 184 cm³/mol. The van der Waals surface area contributed by atoms with Crippen molar-refractivity contribution in [1.82, 2.24) is 15.0 Å². The average Bonchev–Trinajstić information content (AvgIpc) is 3.54. The van der Waals surface area contributed by atoms with Crippen molar-refractivity contribution in [3.8, 4) is 23.0 Å². The van der Waals surface area contributed by atoms with E-state index in [1.54, 1.807) is 0 Å². The quantitative estimate of drug-likeness (QED) is 0.0718. The topological polar surface area (TPSA) is 135 Å². The number of anilines is 1. The fourth-order valence-corrected chi connectivity index (χ4v) is 6.35. The number of fused-ring (bicyclic) bond motifs is 1. The van der Waals surface area contributed by atoms with E-state index >= 15 is 8.78 Å². The number of aromatic nitrogens is 1. The smallest absolute Gasteiger partial charge is 0.509 e. The number of carbonyl (C=O) groups is 2. The molecule has 2 aliphatic heterocycles. The Morgan fingerprint density at radius 1 is 1.05 bits per heavy atom.